The van der Waals surface area contributed by atoms with Gasteiger partial charge < -0.3 is 10.1 Å². The van der Waals surface area contributed by atoms with E-state index in [0.29, 0.717) is 11.4 Å². The summed E-state index contributed by atoms with van der Waals surface area (Å²) in [4.78, 5) is 12.0. The van der Waals surface area contributed by atoms with Crippen molar-refractivity contribution in [3.8, 4) is 5.75 Å². The second-order valence-corrected chi connectivity index (χ2v) is 4.14. The smallest absolute Gasteiger partial charge is 0.258 e. The number of benzene rings is 2. The predicted molar refractivity (Wildman–Crippen MR) is 72.1 cm³/mol. The van der Waals surface area contributed by atoms with Crippen molar-refractivity contribution in [2.45, 2.75) is 6.92 Å². The summed E-state index contributed by atoms with van der Waals surface area (Å²) in [5.74, 6) is -0.507. The van der Waals surface area contributed by atoms with Crippen LogP contribution in [-0.4, -0.2) is 13.0 Å². The average molecular weight is 259 g/mol. The zero-order valence-electron chi connectivity index (χ0n) is 10.7. The second kappa shape index (κ2) is 5.52. The molecule has 0 bridgehead atoms. The molecule has 0 aliphatic rings. The van der Waals surface area contributed by atoms with Crippen molar-refractivity contribution in [1.29, 1.82) is 0 Å². The van der Waals surface area contributed by atoms with Crippen LogP contribution in [-0.2, 0) is 0 Å². The van der Waals surface area contributed by atoms with Gasteiger partial charge in [-0.2, -0.15) is 0 Å². The van der Waals surface area contributed by atoms with Crippen molar-refractivity contribution < 1.29 is 13.9 Å². The van der Waals surface area contributed by atoms with Gasteiger partial charge in [-0.1, -0.05) is 23.8 Å². The topological polar surface area (TPSA) is 38.3 Å². The molecule has 0 unspecified atom stereocenters. The van der Waals surface area contributed by atoms with E-state index in [1.807, 2.05) is 0 Å². The van der Waals surface area contributed by atoms with Gasteiger partial charge in [0, 0.05) is 0 Å². The van der Waals surface area contributed by atoms with E-state index in [0.717, 1.165) is 5.56 Å². The van der Waals surface area contributed by atoms with Crippen LogP contribution >= 0.6 is 0 Å². The summed E-state index contributed by atoms with van der Waals surface area (Å²) in [7, 11) is 1.51. The largest absolute Gasteiger partial charge is 0.495 e. The summed E-state index contributed by atoms with van der Waals surface area (Å²) in [6, 6.07) is 11.4. The summed E-state index contributed by atoms with van der Waals surface area (Å²) in [5.41, 5.74) is 1.35. The van der Waals surface area contributed by atoms with E-state index in [-0.39, 0.29) is 5.56 Å². The maximum Gasteiger partial charge on any atom is 0.258 e. The zero-order chi connectivity index (χ0) is 13.8. The van der Waals surface area contributed by atoms with Crippen molar-refractivity contribution in [3.05, 3.63) is 59.4 Å². The number of ether oxygens (including phenoxy) is 1. The molecule has 0 saturated heterocycles. The zero-order valence-corrected chi connectivity index (χ0v) is 10.7. The fraction of sp³-hybridized carbons (Fsp3) is 0.133. The summed E-state index contributed by atoms with van der Waals surface area (Å²) < 4.78 is 18.7. The Bertz CT molecular complexity index is 611. The van der Waals surface area contributed by atoms with Crippen LogP contribution < -0.4 is 10.1 Å². The van der Waals surface area contributed by atoms with Gasteiger partial charge in [0.05, 0.1) is 18.4 Å². The van der Waals surface area contributed by atoms with Crippen molar-refractivity contribution in [2.75, 3.05) is 12.4 Å². The van der Waals surface area contributed by atoms with Gasteiger partial charge in [-0.3, -0.25) is 4.79 Å². The minimum Gasteiger partial charge on any atom is -0.495 e. The van der Waals surface area contributed by atoms with Crippen LogP contribution in [0.1, 0.15) is 15.9 Å². The molecule has 0 heterocycles. The first-order valence-corrected chi connectivity index (χ1v) is 5.82. The van der Waals surface area contributed by atoms with Gasteiger partial charge in [-0.25, -0.2) is 4.39 Å². The Hall–Kier alpha value is -2.36. The van der Waals surface area contributed by atoms with Gasteiger partial charge in [0.25, 0.3) is 5.91 Å². The maximum atomic E-state index is 13.6. The van der Waals surface area contributed by atoms with Gasteiger partial charge in [0.2, 0.25) is 0 Å². The van der Waals surface area contributed by atoms with Crippen LogP contribution in [0.2, 0.25) is 0 Å². The molecule has 98 valence electrons. The Balaban J connectivity index is 2.28. The third-order valence-corrected chi connectivity index (χ3v) is 2.72. The van der Waals surface area contributed by atoms with Crippen molar-refractivity contribution >= 4 is 11.6 Å². The molecule has 0 atom stereocenters. The van der Waals surface area contributed by atoms with Crippen molar-refractivity contribution in [3.63, 3.8) is 0 Å². The molecular formula is C15H14FNO2. The second-order valence-electron chi connectivity index (χ2n) is 4.14. The molecular weight excluding hydrogens is 245 g/mol. The molecule has 2 aromatic carbocycles. The van der Waals surface area contributed by atoms with Gasteiger partial charge in [-0.15, -0.1) is 0 Å². The average Bonchev–Trinajstić information content (AvgIpc) is 2.42. The Labute approximate surface area is 111 Å². The lowest BCUT2D eigenvalue weighted by atomic mass is 10.1. The van der Waals surface area contributed by atoms with Crippen LogP contribution in [0.5, 0.6) is 5.75 Å². The van der Waals surface area contributed by atoms with Gasteiger partial charge >= 0.3 is 0 Å². The highest BCUT2D eigenvalue weighted by Gasteiger charge is 2.13. The highest BCUT2D eigenvalue weighted by Crippen LogP contribution is 2.24. The number of para-hydroxylation sites is 2. The highest BCUT2D eigenvalue weighted by atomic mass is 19.1. The standard InChI is InChI=1S/C15H14FNO2/c1-10-7-8-12(16)11(9-10)15(18)17-13-5-3-4-6-14(13)19-2/h3-9H,1-2H3,(H,17,18). The summed E-state index contributed by atoms with van der Waals surface area (Å²) in [5, 5.41) is 2.64. The molecule has 0 radical (unpaired) electrons. The number of hydrogen-bond donors (Lipinski definition) is 1. The number of hydrogen-bond acceptors (Lipinski definition) is 2. The first kappa shape index (κ1) is 13.1. The Morgan fingerprint density at radius 2 is 1.95 bits per heavy atom. The minimum absolute atomic E-state index is 0.0194. The molecule has 0 aromatic heterocycles. The quantitative estimate of drug-likeness (QED) is 0.917. The molecule has 1 amide bonds. The summed E-state index contributed by atoms with van der Waals surface area (Å²) >= 11 is 0. The number of carbonyl (C=O) groups is 1. The summed E-state index contributed by atoms with van der Waals surface area (Å²) in [6.07, 6.45) is 0. The molecule has 1 N–H and O–H groups in total. The molecule has 0 spiro atoms. The predicted octanol–water partition coefficient (Wildman–Crippen LogP) is 3.40. The number of aryl methyl sites for hydroxylation is 1. The van der Waals surface area contributed by atoms with E-state index < -0.39 is 11.7 Å². The van der Waals surface area contributed by atoms with Crippen molar-refractivity contribution in [1.82, 2.24) is 0 Å². The molecule has 4 heteroatoms. The van der Waals surface area contributed by atoms with E-state index in [2.05, 4.69) is 5.32 Å². The number of rotatable bonds is 3. The van der Waals surface area contributed by atoms with Gasteiger partial charge in [-0.05, 0) is 31.2 Å². The Morgan fingerprint density at radius 1 is 1.21 bits per heavy atom. The van der Waals surface area contributed by atoms with E-state index in [4.69, 9.17) is 4.74 Å². The molecule has 0 saturated carbocycles. The van der Waals surface area contributed by atoms with Gasteiger partial charge in [0.1, 0.15) is 11.6 Å². The van der Waals surface area contributed by atoms with Crippen LogP contribution in [0.25, 0.3) is 0 Å². The number of anilines is 1. The Kier molecular flexibility index (Phi) is 3.80. The fourth-order valence-corrected chi connectivity index (χ4v) is 1.75. The van der Waals surface area contributed by atoms with E-state index in [9.17, 15) is 9.18 Å². The maximum absolute atomic E-state index is 13.6. The summed E-state index contributed by atoms with van der Waals surface area (Å²) in [6.45, 7) is 1.80. The monoisotopic (exact) mass is 259 g/mol. The fourth-order valence-electron chi connectivity index (χ4n) is 1.75. The minimum atomic E-state index is -0.544. The highest BCUT2D eigenvalue weighted by molar-refractivity contribution is 6.05. The van der Waals surface area contributed by atoms with E-state index in [1.54, 1.807) is 37.3 Å². The lowest BCUT2D eigenvalue weighted by Gasteiger charge is -2.10. The first-order valence-electron chi connectivity index (χ1n) is 5.82. The number of amides is 1. The molecule has 0 aliphatic heterocycles. The molecule has 19 heavy (non-hydrogen) atoms. The number of halogens is 1. The third kappa shape index (κ3) is 2.91. The molecule has 0 aliphatic carbocycles. The molecule has 3 nitrogen and oxygen atoms in total. The third-order valence-electron chi connectivity index (χ3n) is 2.72. The van der Waals surface area contributed by atoms with Crippen molar-refractivity contribution in [2.24, 2.45) is 0 Å². The van der Waals surface area contributed by atoms with E-state index >= 15 is 0 Å². The number of carbonyl (C=O) groups excluding carboxylic acids is 1. The SMILES string of the molecule is COc1ccccc1NC(=O)c1cc(C)ccc1F. The van der Waals surface area contributed by atoms with E-state index in [1.165, 1.54) is 19.2 Å². The van der Waals surface area contributed by atoms with Crippen LogP contribution in [0, 0.1) is 12.7 Å². The number of methoxy groups -OCH3 is 1. The molecule has 0 fully saturated rings. The lowest BCUT2D eigenvalue weighted by Crippen LogP contribution is -2.14. The molecule has 2 aromatic rings. The van der Waals surface area contributed by atoms with Crippen LogP contribution in [0.15, 0.2) is 42.5 Å². The number of nitrogens with one attached hydrogen (secondary N) is 1. The molecule has 2 rings (SSSR count). The normalized spacial score (nSPS) is 10.1. The van der Waals surface area contributed by atoms with Crippen LogP contribution in [0.3, 0.4) is 0 Å². The van der Waals surface area contributed by atoms with Gasteiger partial charge in [0.15, 0.2) is 0 Å². The Morgan fingerprint density at radius 3 is 2.68 bits per heavy atom. The van der Waals surface area contributed by atoms with Crippen LogP contribution in [0.4, 0.5) is 10.1 Å². The first-order chi connectivity index (χ1) is 9.11. The lowest BCUT2D eigenvalue weighted by molar-refractivity contribution is 0.102.